The molecule has 4 rings (SSSR count). The van der Waals surface area contributed by atoms with Gasteiger partial charge in [-0.3, -0.25) is 4.99 Å². The molecule has 0 atom stereocenters. The lowest BCUT2D eigenvalue weighted by atomic mass is 9.84. The first-order chi connectivity index (χ1) is 12.1. The number of nitrogens with zero attached hydrogens (tertiary/aromatic N) is 2. The first-order valence-corrected chi connectivity index (χ1v) is 8.64. The Balaban J connectivity index is 1.66. The lowest BCUT2D eigenvalue weighted by molar-refractivity contribution is 0.641. The first kappa shape index (κ1) is 15.6. The van der Waals surface area contributed by atoms with Crippen LogP contribution in [0.4, 0.5) is 11.4 Å². The molecular formula is C23H22N2. The number of benzene rings is 3. The highest BCUT2D eigenvalue weighted by atomic mass is 15.2. The van der Waals surface area contributed by atoms with Crippen LogP contribution in [0.2, 0.25) is 0 Å². The van der Waals surface area contributed by atoms with E-state index in [9.17, 15) is 0 Å². The fourth-order valence-corrected chi connectivity index (χ4v) is 3.75. The van der Waals surface area contributed by atoms with Gasteiger partial charge in [0, 0.05) is 30.1 Å². The SMILES string of the molecule is CN1/C(=C\C=Nc2ccc3ccccc3c2)C(C)(C)c2ccccc21. The Labute approximate surface area is 149 Å². The molecule has 1 aliphatic heterocycles. The Morgan fingerprint density at radius 3 is 2.40 bits per heavy atom. The minimum absolute atomic E-state index is 0.0131. The quantitative estimate of drug-likeness (QED) is 0.539. The van der Waals surface area contributed by atoms with E-state index in [1.54, 1.807) is 0 Å². The summed E-state index contributed by atoms with van der Waals surface area (Å²) < 4.78 is 0. The van der Waals surface area contributed by atoms with Crippen molar-refractivity contribution in [2.45, 2.75) is 19.3 Å². The zero-order chi connectivity index (χ0) is 17.4. The van der Waals surface area contributed by atoms with E-state index in [1.807, 2.05) is 6.21 Å². The Morgan fingerprint density at radius 2 is 1.60 bits per heavy atom. The van der Waals surface area contributed by atoms with Crippen LogP contribution >= 0.6 is 0 Å². The van der Waals surface area contributed by atoms with Crippen LogP contribution in [0.25, 0.3) is 10.8 Å². The van der Waals surface area contributed by atoms with Gasteiger partial charge in [0.05, 0.1) is 5.69 Å². The van der Waals surface area contributed by atoms with Crippen LogP contribution in [0.15, 0.2) is 83.5 Å². The maximum atomic E-state index is 4.65. The zero-order valence-electron chi connectivity index (χ0n) is 14.9. The predicted molar refractivity (Wildman–Crippen MR) is 108 cm³/mol. The third-order valence-electron chi connectivity index (χ3n) is 5.13. The van der Waals surface area contributed by atoms with Gasteiger partial charge in [0.25, 0.3) is 0 Å². The summed E-state index contributed by atoms with van der Waals surface area (Å²) in [5, 5.41) is 2.46. The number of anilines is 1. The number of rotatable bonds is 2. The number of hydrogen-bond acceptors (Lipinski definition) is 2. The van der Waals surface area contributed by atoms with Crippen molar-refractivity contribution in [1.29, 1.82) is 0 Å². The van der Waals surface area contributed by atoms with Crippen LogP contribution in [0.1, 0.15) is 19.4 Å². The fraction of sp³-hybridized carbons (Fsp3) is 0.174. The molecule has 3 aromatic rings. The van der Waals surface area contributed by atoms with Crippen molar-refractivity contribution < 1.29 is 0 Å². The molecule has 0 bridgehead atoms. The third kappa shape index (κ3) is 2.64. The molecule has 0 saturated carbocycles. The van der Waals surface area contributed by atoms with Gasteiger partial charge in [-0.1, -0.05) is 62.4 Å². The van der Waals surface area contributed by atoms with E-state index in [-0.39, 0.29) is 5.41 Å². The fourth-order valence-electron chi connectivity index (χ4n) is 3.75. The minimum atomic E-state index is -0.0131. The molecule has 0 spiro atoms. The monoisotopic (exact) mass is 326 g/mol. The van der Waals surface area contributed by atoms with E-state index >= 15 is 0 Å². The third-order valence-corrected chi connectivity index (χ3v) is 5.13. The average molecular weight is 326 g/mol. The highest BCUT2D eigenvalue weighted by Gasteiger charge is 2.37. The molecule has 3 aromatic carbocycles. The van der Waals surface area contributed by atoms with Gasteiger partial charge in [0.15, 0.2) is 0 Å². The lowest BCUT2D eigenvalue weighted by Crippen LogP contribution is -2.22. The van der Waals surface area contributed by atoms with Gasteiger partial charge in [-0.25, -0.2) is 0 Å². The average Bonchev–Trinajstić information content (AvgIpc) is 2.82. The van der Waals surface area contributed by atoms with Crippen LogP contribution in [0.3, 0.4) is 0 Å². The molecule has 25 heavy (non-hydrogen) atoms. The molecule has 1 heterocycles. The van der Waals surface area contributed by atoms with Crippen LogP contribution in [-0.4, -0.2) is 13.3 Å². The molecule has 2 nitrogen and oxygen atoms in total. The molecule has 1 aliphatic rings. The number of hydrogen-bond donors (Lipinski definition) is 0. The Morgan fingerprint density at radius 1 is 0.880 bits per heavy atom. The van der Waals surface area contributed by atoms with Crippen LogP contribution in [0, 0.1) is 0 Å². The summed E-state index contributed by atoms with van der Waals surface area (Å²) in [6, 6.07) is 23.3. The molecule has 0 radical (unpaired) electrons. The maximum Gasteiger partial charge on any atom is 0.0636 e. The van der Waals surface area contributed by atoms with Crippen molar-refractivity contribution >= 4 is 28.4 Å². The van der Waals surface area contributed by atoms with Crippen molar-refractivity contribution in [3.8, 4) is 0 Å². The van der Waals surface area contributed by atoms with E-state index in [2.05, 4.69) is 104 Å². The van der Waals surface area contributed by atoms with E-state index in [1.165, 1.54) is 27.7 Å². The molecule has 0 fully saturated rings. The molecule has 2 heteroatoms. The first-order valence-electron chi connectivity index (χ1n) is 8.64. The van der Waals surface area contributed by atoms with Crippen molar-refractivity contribution in [3.63, 3.8) is 0 Å². The molecule has 0 aromatic heterocycles. The Hall–Kier alpha value is -2.87. The van der Waals surface area contributed by atoms with Gasteiger partial charge in [0.1, 0.15) is 0 Å². The molecular weight excluding hydrogens is 304 g/mol. The van der Waals surface area contributed by atoms with Crippen molar-refractivity contribution in [1.82, 2.24) is 0 Å². The number of para-hydroxylation sites is 1. The lowest BCUT2D eigenvalue weighted by Gasteiger charge is -2.23. The summed E-state index contributed by atoms with van der Waals surface area (Å²) in [6.45, 7) is 4.54. The van der Waals surface area contributed by atoms with Crippen LogP contribution in [-0.2, 0) is 5.41 Å². The molecule has 0 N–H and O–H groups in total. The second-order valence-electron chi connectivity index (χ2n) is 7.06. The van der Waals surface area contributed by atoms with Gasteiger partial charge in [-0.05, 0) is 40.6 Å². The summed E-state index contributed by atoms with van der Waals surface area (Å²) >= 11 is 0. The molecule has 0 amide bonds. The second-order valence-corrected chi connectivity index (χ2v) is 7.06. The van der Waals surface area contributed by atoms with Crippen molar-refractivity contribution in [2.75, 3.05) is 11.9 Å². The highest BCUT2D eigenvalue weighted by Crippen LogP contribution is 2.46. The largest absolute Gasteiger partial charge is 0.347 e. The maximum absolute atomic E-state index is 4.65. The summed E-state index contributed by atoms with van der Waals surface area (Å²) in [7, 11) is 2.13. The zero-order valence-corrected chi connectivity index (χ0v) is 14.9. The van der Waals surface area contributed by atoms with Gasteiger partial charge in [-0.15, -0.1) is 0 Å². The highest BCUT2D eigenvalue weighted by molar-refractivity contribution is 5.87. The molecule has 0 aliphatic carbocycles. The van der Waals surface area contributed by atoms with Crippen molar-refractivity contribution in [3.05, 3.63) is 84.1 Å². The summed E-state index contributed by atoms with van der Waals surface area (Å²) in [5.74, 6) is 0. The van der Waals surface area contributed by atoms with Gasteiger partial charge < -0.3 is 4.90 Å². The Kier molecular flexibility index (Phi) is 3.69. The topological polar surface area (TPSA) is 15.6 Å². The second kappa shape index (κ2) is 5.89. The number of fused-ring (bicyclic) bond motifs is 2. The van der Waals surface area contributed by atoms with Crippen LogP contribution in [0.5, 0.6) is 0 Å². The minimum Gasteiger partial charge on any atom is -0.347 e. The van der Waals surface area contributed by atoms with E-state index in [4.69, 9.17) is 0 Å². The summed E-state index contributed by atoms with van der Waals surface area (Å²) in [4.78, 5) is 6.92. The summed E-state index contributed by atoms with van der Waals surface area (Å²) in [6.07, 6.45) is 4.05. The number of likely N-dealkylation sites (N-methyl/N-ethyl adjacent to an activating group) is 1. The molecule has 0 unspecified atom stereocenters. The smallest absolute Gasteiger partial charge is 0.0636 e. The van der Waals surface area contributed by atoms with Gasteiger partial charge in [-0.2, -0.15) is 0 Å². The van der Waals surface area contributed by atoms with E-state index in [0.29, 0.717) is 0 Å². The predicted octanol–water partition coefficient (Wildman–Crippen LogP) is 5.85. The van der Waals surface area contributed by atoms with Crippen LogP contribution < -0.4 is 4.90 Å². The normalized spacial score (nSPS) is 17.6. The summed E-state index contributed by atoms with van der Waals surface area (Å²) in [5.41, 5.74) is 4.87. The number of aliphatic imine (C=N–C) groups is 1. The van der Waals surface area contributed by atoms with Gasteiger partial charge in [0.2, 0.25) is 0 Å². The number of allylic oxidation sites excluding steroid dienone is 2. The Bertz CT molecular complexity index is 996. The standard InChI is InChI=1S/C23H22N2/c1-23(2)20-10-6-7-11-21(20)25(3)22(23)14-15-24-19-13-12-17-8-4-5-9-18(17)16-19/h4-16H,1-3H3/b22-14-,24-15?. The van der Waals surface area contributed by atoms with E-state index < -0.39 is 0 Å². The van der Waals surface area contributed by atoms with Gasteiger partial charge >= 0.3 is 0 Å². The van der Waals surface area contributed by atoms with E-state index in [0.717, 1.165) is 5.69 Å². The molecule has 0 saturated heterocycles. The molecule has 124 valence electrons. The van der Waals surface area contributed by atoms with Crippen molar-refractivity contribution in [2.24, 2.45) is 4.99 Å².